The van der Waals surface area contributed by atoms with Gasteiger partial charge in [0.1, 0.15) is 0 Å². The van der Waals surface area contributed by atoms with E-state index in [1.165, 1.54) is 77.0 Å². The number of hydrogen-bond acceptors (Lipinski definition) is 2. The highest BCUT2D eigenvalue weighted by atomic mass is 16.3. The summed E-state index contributed by atoms with van der Waals surface area (Å²) in [5, 5.41) is 14.1. The van der Waals surface area contributed by atoms with Gasteiger partial charge in [-0.05, 0) is 49.9 Å². The molecule has 116 valence electrons. The lowest BCUT2D eigenvalue weighted by Crippen LogP contribution is -2.43. The maximum atomic E-state index is 10.4. The highest BCUT2D eigenvalue weighted by Crippen LogP contribution is 2.40. The fourth-order valence-electron chi connectivity index (χ4n) is 5.03. The molecule has 0 spiro atoms. The minimum absolute atomic E-state index is 0.0978. The Morgan fingerprint density at radius 1 is 0.800 bits per heavy atom. The Labute approximate surface area is 124 Å². The second-order valence-corrected chi connectivity index (χ2v) is 7.69. The van der Waals surface area contributed by atoms with Gasteiger partial charge in [-0.2, -0.15) is 0 Å². The van der Waals surface area contributed by atoms with E-state index in [0.717, 1.165) is 18.4 Å². The van der Waals surface area contributed by atoms with Crippen molar-refractivity contribution in [1.82, 2.24) is 5.32 Å². The first-order valence-corrected chi connectivity index (χ1v) is 9.24. The third kappa shape index (κ3) is 3.76. The normalized spacial score (nSPS) is 37.4. The molecule has 2 N–H and O–H groups in total. The number of hydrogen-bond donors (Lipinski definition) is 2. The molecule has 0 radical (unpaired) electrons. The number of fused-ring (bicyclic) bond motifs is 1. The van der Waals surface area contributed by atoms with Crippen molar-refractivity contribution in [3.63, 3.8) is 0 Å². The number of aliphatic hydroxyl groups excluding tert-OH is 1. The second-order valence-electron chi connectivity index (χ2n) is 7.69. The molecule has 3 aliphatic rings. The third-order valence-electron chi connectivity index (χ3n) is 6.35. The predicted molar refractivity (Wildman–Crippen MR) is 83.7 cm³/mol. The van der Waals surface area contributed by atoms with Crippen LogP contribution in [0.3, 0.4) is 0 Å². The van der Waals surface area contributed by atoms with Crippen LogP contribution in [-0.4, -0.2) is 23.8 Å². The summed E-state index contributed by atoms with van der Waals surface area (Å²) in [6, 6.07) is 0.688. The standard InChI is InChI=1S/C18H33NO/c20-18(15-7-2-1-3-8-15)13-19-17-11-10-14-6-4-5-9-16(14)12-17/h14-20H,1-13H2. The summed E-state index contributed by atoms with van der Waals surface area (Å²) in [6.45, 7) is 0.840. The van der Waals surface area contributed by atoms with Crippen molar-refractivity contribution in [2.75, 3.05) is 6.54 Å². The minimum atomic E-state index is -0.0978. The molecule has 0 heterocycles. The summed E-state index contributed by atoms with van der Waals surface area (Å²) in [5.74, 6) is 2.59. The molecule has 3 aliphatic carbocycles. The van der Waals surface area contributed by atoms with Gasteiger partial charge in [-0.1, -0.05) is 44.9 Å². The number of aliphatic hydroxyl groups is 1. The van der Waals surface area contributed by atoms with Crippen molar-refractivity contribution in [3.8, 4) is 0 Å². The Kier molecular flexibility index (Phi) is 5.39. The first kappa shape index (κ1) is 14.8. The van der Waals surface area contributed by atoms with Crippen molar-refractivity contribution < 1.29 is 5.11 Å². The van der Waals surface area contributed by atoms with Crippen LogP contribution in [0.25, 0.3) is 0 Å². The van der Waals surface area contributed by atoms with Crippen LogP contribution < -0.4 is 5.32 Å². The Morgan fingerprint density at radius 3 is 2.30 bits per heavy atom. The summed E-state index contributed by atoms with van der Waals surface area (Å²) < 4.78 is 0. The maximum absolute atomic E-state index is 10.4. The molecule has 0 saturated heterocycles. The molecule has 4 unspecified atom stereocenters. The predicted octanol–water partition coefficient (Wildman–Crippen LogP) is 3.88. The summed E-state index contributed by atoms with van der Waals surface area (Å²) in [4.78, 5) is 0. The SMILES string of the molecule is OC(CNC1CCC2CCCCC2C1)C1CCCCC1. The van der Waals surface area contributed by atoms with E-state index in [2.05, 4.69) is 5.32 Å². The molecule has 0 aromatic heterocycles. The monoisotopic (exact) mass is 279 g/mol. The first-order valence-electron chi connectivity index (χ1n) is 9.24. The van der Waals surface area contributed by atoms with E-state index in [4.69, 9.17) is 0 Å². The number of nitrogens with one attached hydrogen (secondary N) is 1. The quantitative estimate of drug-likeness (QED) is 0.818. The molecule has 3 rings (SSSR count). The van der Waals surface area contributed by atoms with Crippen LogP contribution in [0.5, 0.6) is 0 Å². The Morgan fingerprint density at radius 2 is 1.50 bits per heavy atom. The average molecular weight is 279 g/mol. The van der Waals surface area contributed by atoms with Gasteiger partial charge in [0, 0.05) is 12.6 Å². The topological polar surface area (TPSA) is 32.3 Å². The molecule has 0 aromatic rings. The zero-order valence-electron chi connectivity index (χ0n) is 13.0. The van der Waals surface area contributed by atoms with Crippen LogP contribution in [0, 0.1) is 17.8 Å². The Hall–Kier alpha value is -0.0800. The van der Waals surface area contributed by atoms with E-state index < -0.39 is 0 Å². The lowest BCUT2D eigenvalue weighted by atomic mass is 9.69. The summed E-state index contributed by atoms with van der Waals surface area (Å²) in [5.41, 5.74) is 0. The van der Waals surface area contributed by atoms with E-state index in [0.29, 0.717) is 12.0 Å². The van der Waals surface area contributed by atoms with Crippen molar-refractivity contribution in [3.05, 3.63) is 0 Å². The molecule has 20 heavy (non-hydrogen) atoms. The third-order valence-corrected chi connectivity index (χ3v) is 6.35. The van der Waals surface area contributed by atoms with Crippen molar-refractivity contribution in [2.24, 2.45) is 17.8 Å². The van der Waals surface area contributed by atoms with E-state index in [1.807, 2.05) is 0 Å². The maximum Gasteiger partial charge on any atom is 0.0692 e. The molecular formula is C18H33NO. The average Bonchev–Trinajstić information content (AvgIpc) is 2.53. The molecule has 0 amide bonds. The lowest BCUT2D eigenvalue weighted by Gasteiger charge is -2.40. The molecule has 2 heteroatoms. The molecule has 0 aliphatic heterocycles. The van der Waals surface area contributed by atoms with Gasteiger partial charge in [0.15, 0.2) is 0 Å². The zero-order valence-corrected chi connectivity index (χ0v) is 13.0. The largest absolute Gasteiger partial charge is 0.392 e. The van der Waals surface area contributed by atoms with E-state index in [-0.39, 0.29) is 6.10 Å². The Bertz CT molecular complexity index is 287. The van der Waals surface area contributed by atoms with E-state index in [1.54, 1.807) is 0 Å². The number of rotatable bonds is 4. The minimum Gasteiger partial charge on any atom is -0.392 e. The molecule has 0 bridgehead atoms. The summed E-state index contributed by atoms with van der Waals surface area (Å²) in [6.07, 6.45) is 16.5. The van der Waals surface area contributed by atoms with Crippen LogP contribution in [0.2, 0.25) is 0 Å². The van der Waals surface area contributed by atoms with Crippen LogP contribution in [0.4, 0.5) is 0 Å². The summed E-state index contributed by atoms with van der Waals surface area (Å²) in [7, 11) is 0. The van der Waals surface area contributed by atoms with Crippen molar-refractivity contribution in [1.29, 1.82) is 0 Å². The van der Waals surface area contributed by atoms with E-state index >= 15 is 0 Å². The van der Waals surface area contributed by atoms with Crippen LogP contribution in [0.1, 0.15) is 77.0 Å². The van der Waals surface area contributed by atoms with Gasteiger partial charge >= 0.3 is 0 Å². The van der Waals surface area contributed by atoms with Crippen LogP contribution in [0.15, 0.2) is 0 Å². The van der Waals surface area contributed by atoms with Gasteiger partial charge in [-0.25, -0.2) is 0 Å². The van der Waals surface area contributed by atoms with Gasteiger partial charge in [0.05, 0.1) is 6.10 Å². The lowest BCUT2D eigenvalue weighted by molar-refractivity contribution is 0.0732. The smallest absolute Gasteiger partial charge is 0.0692 e. The first-order chi connectivity index (χ1) is 9.83. The summed E-state index contributed by atoms with van der Waals surface area (Å²) >= 11 is 0. The van der Waals surface area contributed by atoms with Gasteiger partial charge in [-0.3, -0.25) is 0 Å². The van der Waals surface area contributed by atoms with Crippen LogP contribution >= 0.6 is 0 Å². The highest BCUT2D eigenvalue weighted by Gasteiger charge is 2.32. The van der Waals surface area contributed by atoms with Gasteiger partial charge in [0.2, 0.25) is 0 Å². The molecule has 3 fully saturated rings. The molecule has 3 saturated carbocycles. The Balaban J connectivity index is 1.39. The zero-order chi connectivity index (χ0) is 13.8. The molecule has 4 atom stereocenters. The highest BCUT2D eigenvalue weighted by molar-refractivity contribution is 4.87. The molecular weight excluding hydrogens is 246 g/mol. The fourth-order valence-corrected chi connectivity index (χ4v) is 5.03. The second kappa shape index (κ2) is 7.26. The van der Waals surface area contributed by atoms with Gasteiger partial charge in [-0.15, -0.1) is 0 Å². The van der Waals surface area contributed by atoms with Crippen LogP contribution in [-0.2, 0) is 0 Å². The van der Waals surface area contributed by atoms with E-state index in [9.17, 15) is 5.11 Å². The molecule has 2 nitrogen and oxygen atoms in total. The fraction of sp³-hybridized carbons (Fsp3) is 1.00. The van der Waals surface area contributed by atoms with Crippen molar-refractivity contribution >= 4 is 0 Å². The van der Waals surface area contributed by atoms with Crippen molar-refractivity contribution in [2.45, 2.75) is 89.2 Å². The molecule has 0 aromatic carbocycles. The van der Waals surface area contributed by atoms with Gasteiger partial charge < -0.3 is 10.4 Å². The van der Waals surface area contributed by atoms with Gasteiger partial charge in [0.25, 0.3) is 0 Å².